The molecule has 4 rings (SSSR count). The SMILES string of the molecule is N#C[C@@H]1CN(c2ccccc2F)C(=O)N1c1cncc2ccccc12. The summed E-state index contributed by atoms with van der Waals surface area (Å²) in [5, 5.41) is 11.2. The monoisotopic (exact) mass is 332 g/mol. The van der Waals surface area contributed by atoms with Crippen LogP contribution >= 0.6 is 0 Å². The largest absolute Gasteiger partial charge is 0.330 e. The summed E-state index contributed by atoms with van der Waals surface area (Å²) in [5.41, 5.74) is 0.719. The lowest BCUT2D eigenvalue weighted by Crippen LogP contribution is -2.34. The van der Waals surface area contributed by atoms with Gasteiger partial charge < -0.3 is 0 Å². The zero-order chi connectivity index (χ0) is 17.4. The Hall–Kier alpha value is -3.46. The third kappa shape index (κ3) is 2.37. The summed E-state index contributed by atoms with van der Waals surface area (Å²) in [7, 11) is 0. The van der Waals surface area contributed by atoms with Crippen LogP contribution in [0.3, 0.4) is 0 Å². The van der Waals surface area contributed by atoms with Crippen LogP contribution in [0.25, 0.3) is 10.8 Å². The van der Waals surface area contributed by atoms with Crippen LogP contribution in [0.4, 0.5) is 20.6 Å². The first-order valence-corrected chi connectivity index (χ1v) is 7.78. The molecular weight excluding hydrogens is 319 g/mol. The van der Waals surface area contributed by atoms with Crippen molar-refractivity contribution in [2.45, 2.75) is 6.04 Å². The van der Waals surface area contributed by atoms with Crippen molar-refractivity contribution < 1.29 is 9.18 Å². The summed E-state index contributed by atoms with van der Waals surface area (Å²) in [5.74, 6) is -0.495. The third-order valence-electron chi connectivity index (χ3n) is 4.30. The number of para-hydroxylation sites is 1. The summed E-state index contributed by atoms with van der Waals surface area (Å²) in [6, 6.07) is 14.6. The second-order valence-corrected chi connectivity index (χ2v) is 5.74. The minimum Gasteiger partial charge on any atom is -0.288 e. The number of benzene rings is 2. The van der Waals surface area contributed by atoms with Crippen LogP contribution in [0.5, 0.6) is 0 Å². The maximum atomic E-state index is 14.1. The van der Waals surface area contributed by atoms with Gasteiger partial charge in [-0.05, 0) is 12.1 Å². The molecule has 1 aliphatic heterocycles. The van der Waals surface area contributed by atoms with E-state index in [-0.39, 0.29) is 12.2 Å². The second kappa shape index (κ2) is 5.87. The van der Waals surface area contributed by atoms with Gasteiger partial charge in [0.2, 0.25) is 0 Å². The molecule has 0 N–H and O–H groups in total. The smallest absolute Gasteiger partial charge is 0.288 e. The number of anilines is 2. The Kier molecular flexibility index (Phi) is 3.55. The molecule has 1 saturated heterocycles. The second-order valence-electron chi connectivity index (χ2n) is 5.74. The van der Waals surface area contributed by atoms with Crippen LogP contribution in [0, 0.1) is 17.1 Å². The lowest BCUT2D eigenvalue weighted by Gasteiger charge is -2.21. The maximum absolute atomic E-state index is 14.1. The first kappa shape index (κ1) is 15.1. The molecule has 1 atom stereocenters. The molecule has 122 valence electrons. The fourth-order valence-corrected chi connectivity index (χ4v) is 3.13. The van der Waals surface area contributed by atoms with Gasteiger partial charge in [-0.3, -0.25) is 14.8 Å². The number of hydrogen-bond donors (Lipinski definition) is 0. The number of amides is 2. The topological polar surface area (TPSA) is 60.2 Å². The standard InChI is InChI=1S/C19H13FN4O/c20-16-7-3-4-8-17(16)23-12-14(9-21)24(19(23)25)18-11-22-10-13-5-1-2-6-15(13)18/h1-8,10-11,14H,12H2/t14-/m1/s1. The number of halogens is 1. The van der Waals surface area contributed by atoms with Crippen LogP contribution in [0.1, 0.15) is 0 Å². The first-order valence-electron chi connectivity index (χ1n) is 7.78. The van der Waals surface area contributed by atoms with Crippen molar-refractivity contribution in [2.24, 2.45) is 0 Å². The van der Waals surface area contributed by atoms with Gasteiger partial charge in [0.1, 0.15) is 11.9 Å². The normalized spacial score (nSPS) is 17.1. The highest BCUT2D eigenvalue weighted by Crippen LogP contribution is 2.33. The highest BCUT2D eigenvalue weighted by molar-refractivity contribution is 6.11. The molecule has 0 saturated carbocycles. The molecule has 0 unspecified atom stereocenters. The lowest BCUT2D eigenvalue weighted by molar-refractivity contribution is 0.255. The van der Waals surface area contributed by atoms with Gasteiger partial charge in [-0.25, -0.2) is 9.18 Å². The maximum Gasteiger partial charge on any atom is 0.330 e. The molecule has 1 aromatic heterocycles. The fraction of sp³-hybridized carbons (Fsp3) is 0.105. The zero-order valence-corrected chi connectivity index (χ0v) is 13.1. The van der Waals surface area contributed by atoms with Gasteiger partial charge in [-0.2, -0.15) is 5.26 Å². The van der Waals surface area contributed by atoms with E-state index >= 15 is 0 Å². The van der Waals surface area contributed by atoms with E-state index in [1.165, 1.54) is 21.9 Å². The number of hydrogen-bond acceptors (Lipinski definition) is 3. The molecule has 5 nitrogen and oxygen atoms in total. The summed E-state index contributed by atoms with van der Waals surface area (Å²) in [4.78, 5) is 19.8. The highest BCUT2D eigenvalue weighted by Gasteiger charge is 2.40. The van der Waals surface area contributed by atoms with Crippen molar-refractivity contribution in [3.8, 4) is 6.07 Å². The third-order valence-corrected chi connectivity index (χ3v) is 4.30. The van der Waals surface area contributed by atoms with Crippen molar-refractivity contribution in [1.82, 2.24) is 4.98 Å². The molecular formula is C19H13FN4O. The summed E-state index contributed by atoms with van der Waals surface area (Å²) < 4.78 is 14.1. The van der Waals surface area contributed by atoms with Gasteiger partial charge in [-0.1, -0.05) is 36.4 Å². The molecule has 0 spiro atoms. The molecule has 0 radical (unpaired) electrons. The van der Waals surface area contributed by atoms with E-state index in [9.17, 15) is 14.4 Å². The molecule has 25 heavy (non-hydrogen) atoms. The molecule has 0 aliphatic carbocycles. The molecule has 1 fully saturated rings. The number of pyridine rings is 1. The number of nitriles is 1. The summed E-state index contributed by atoms with van der Waals surface area (Å²) in [6.07, 6.45) is 3.27. The Morgan fingerprint density at radius 3 is 2.64 bits per heavy atom. The molecule has 2 aromatic carbocycles. The Morgan fingerprint density at radius 2 is 1.84 bits per heavy atom. The van der Waals surface area contributed by atoms with Gasteiger partial charge in [0.25, 0.3) is 0 Å². The van der Waals surface area contributed by atoms with Crippen LogP contribution in [-0.2, 0) is 0 Å². The number of carbonyl (C=O) groups excluding carboxylic acids is 1. The summed E-state index contributed by atoms with van der Waals surface area (Å²) in [6.45, 7) is 0.0967. The molecule has 6 heteroatoms. The lowest BCUT2D eigenvalue weighted by atomic mass is 10.1. The molecule has 2 heterocycles. The molecule has 1 aliphatic rings. The van der Waals surface area contributed by atoms with Gasteiger partial charge in [0.15, 0.2) is 0 Å². The molecule has 0 bridgehead atoms. The predicted octanol–water partition coefficient (Wildman–Crippen LogP) is 3.71. The van der Waals surface area contributed by atoms with Crippen LogP contribution in [0.15, 0.2) is 60.9 Å². The minimum atomic E-state index is -0.722. The van der Waals surface area contributed by atoms with E-state index in [1.807, 2.05) is 24.3 Å². The van der Waals surface area contributed by atoms with E-state index < -0.39 is 17.9 Å². The predicted molar refractivity (Wildman–Crippen MR) is 92.8 cm³/mol. The Morgan fingerprint density at radius 1 is 1.08 bits per heavy atom. The van der Waals surface area contributed by atoms with Crippen molar-refractivity contribution >= 4 is 28.2 Å². The van der Waals surface area contributed by atoms with E-state index in [1.54, 1.807) is 24.5 Å². The Balaban J connectivity index is 1.83. The van der Waals surface area contributed by atoms with Crippen molar-refractivity contribution in [1.29, 1.82) is 5.26 Å². The van der Waals surface area contributed by atoms with Gasteiger partial charge >= 0.3 is 6.03 Å². The van der Waals surface area contributed by atoms with E-state index in [4.69, 9.17) is 0 Å². The van der Waals surface area contributed by atoms with Crippen LogP contribution < -0.4 is 9.80 Å². The average molecular weight is 332 g/mol. The van der Waals surface area contributed by atoms with Crippen molar-refractivity contribution in [3.05, 3.63) is 66.7 Å². The number of carbonyl (C=O) groups is 1. The minimum absolute atomic E-state index is 0.0967. The van der Waals surface area contributed by atoms with Crippen LogP contribution in [0.2, 0.25) is 0 Å². The van der Waals surface area contributed by atoms with Gasteiger partial charge in [-0.15, -0.1) is 0 Å². The average Bonchev–Trinajstić information content (AvgIpc) is 2.98. The summed E-state index contributed by atoms with van der Waals surface area (Å²) >= 11 is 0. The highest BCUT2D eigenvalue weighted by atomic mass is 19.1. The Labute approximate surface area is 143 Å². The Bertz CT molecular complexity index is 1010. The van der Waals surface area contributed by atoms with Gasteiger partial charge in [0, 0.05) is 17.0 Å². The number of fused-ring (bicyclic) bond motifs is 1. The first-order chi connectivity index (χ1) is 12.2. The molecule has 3 aromatic rings. The van der Waals surface area contributed by atoms with Gasteiger partial charge in [0.05, 0.1) is 30.2 Å². The number of urea groups is 1. The van der Waals surface area contributed by atoms with Crippen LogP contribution in [-0.4, -0.2) is 23.6 Å². The fourth-order valence-electron chi connectivity index (χ4n) is 3.13. The van der Waals surface area contributed by atoms with E-state index in [0.29, 0.717) is 5.69 Å². The van der Waals surface area contributed by atoms with E-state index in [0.717, 1.165) is 10.8 Å². The number of rotatable bonds is 2. The molecule has 2 amide bonds. The number of aromatic nitrogens is 1. The van der Waals surface area contributed by atoms with E-state index in [2.05, 4.69) is 11.1 Å². The quantitative estimate of drug-likeness (QED) is 0.719. The zero-order valence-electron chi connectivity index (χ0n) is 13.1. The number of nitrogens with zero attached hydrogens (tertiary/aromatic N) is 4. The van der Waals surface area contributed by atoms with Crippen molar-refractivity contribution in [3.63, 3.8) is 0 Å². The van der Waals surface area contributed by atoms with Crippen molar-refractivity contribution in [2.75, 3.05) is 16.3 Å².